The molecule has 3 heteroatoms. The van der Waals surface area contributed by atoms with Gasteiger partial charge in [-0.2, -0.15) is 0 Å². The molecule has 0 aliphatic rings. The Morgan fingerprint density at radius 2 is 1.93 bits per heavy atom. The fourth-order valence-electron chi connectivity index (χ4n) is 1.15. The zero-order valence-electron chi connectivity index (χ0n) is 9.31. The van der Waals surface area contributed by atoms with E-state index in [0.29, 0.717) is 0 Å². The number of rotatable bonds is 8. The lowest BCUT2D eigenvalue weighted by molar-refractivity contribution is -0.116. The van der Waals surface area contributed by atoms with E-state index in [0.717, 1.165) is 26.1 Å². The van der Waals surface area contributed by atoms with Crippen molar-refractivity contribution in [2.45, 2.75) is 33.1 Å². The van der Waals surface area contributed by atoms with Gasteiger partial charge in [0.15, 0.2) is 0 Å². The van der Waals surface area contributed by atoms with Crippen molar-refractivity contribution in [1.82, 2.24) is 10.6 Å². The van der Waals surface area contributed by atoms with Crippen LogP contribution in [-0.4, -0.2) is 25.5 Å². The highest BCUT2D eigenvalue weighted by molar-refractivity contribution is 5.87. The van der Waals surface area contributed by atoms with Crippen LogP contribution < -0.4 is 10.6 Å². The van der Waals surface area contributed by atoms with Gasteiger partial charge in [0.05, 0.1) is 0 Å². The van der Waals surface area contributed by atoms with Crippen molar-refractivity contribution in [3.63, 3.8) is 0 Å². The molecule has 2 N–H and O–H groups in total. The lowest BCUT2D eigenvalue weighted by Gasteiger charge is -2.02. The van der Waals surface area contributed by atoms with Crippen LogP contribution in [0.25, 0.3) is 0 Å². The highest BCUT2D eigenvalue weighted by atomic mass is 16.1. The molecule has 0 radical (unpaired) electrons. The molecule has 0 saturated heterocycles. The van der Waals surface area contributed by atoms with Gasteiger partial charge in [-0.05, 0) is 38.9 Å². The molecular weight excluding hydrogens is 176 g/mol. The van der Waals surface area contributed by atoms with Gasteiger partial charge in [-0.1, -0.05) is 19.4 Å². The third-order valence-electron chi connectivity index (χ3n) is 1.90. The summed E-state index contributed by atoms with van der Waals surface area (Å²) < 4.78 is 0. The zero-order chi connectivity index (χ0) is 10.6. The number of amides is 1. The first kappa shape index (κ1) is 13.2. The highest BCUT2D eigenvalue weighted by Gasteiger charge is 1.93. The maximum atomic E-state index is 11.0. The molecule has 0 saturated carbocycles. The largest absolute Gasteiger partial charge is 0.353 e. The molecule has 0 aliphatic heterocycles. The van der Waals surface area contributed by atoms with Crippen LogP contribution in [0.4, 0.5) is 0 Å². The number of unbranched alkanes of at least 4 members (excludes halogenated alkanes) is 2. The number of carbonyl (C=O) groups is 1. The molecule has 0 aromatic carbocycles. The predicted octanol–water partition coefficient (Wildman–Crippen LogP) is 1.46. The summed E-state index contributed by atoms with van der Waals surface area (Å²) in [6.45, 7) is 6.86. The Labute approximate surface area is 87.0 Å². The van der Waals surface area contributed by atoms with E-state index in [1.54, 1.807) is 12.2 Å². The van der Waals surface area contributed by atoms with E-state index in [1.165, 1.54) is 12.8 Å². The van der Waals surface area contributed by atoms with Gasteiger partial charge < -0.3 is 10.6 Å². The van der Waals surface area contributed by atoms with Crippen LogP contribution in [0.1, 0.15) is 33.1 Å². The van der Waals surface area contributed by atoms with E-state index >= 15 is 0 Å². The Morgan fingerprint density at radius 3 is 2.57 bits per heavy atom. The summed E-state index contributed by atoms with van der Waals surface area (Å²) in [4.78, 5) is 11.0. The third kappa shape index (κ3) is 9.26. The molecule has 0 unspecified atom stereocenters. The van der Waals surface area contributed by atoms with Gasteiger partial charge in [0.1, 0.15) is 0 Å². The Bertz CT molecular complexity index is 167. The van der Waals surface area contributed by atoms with Crippen molar-refractivity contribution in [3.05, 3.63) is 12.2 Å². The number of nitrogens with one attached hydrogen (secondary N) is 2. The molecule has 0 rings (SSSR count). The van der Waals surface area contributed by atoms with Crippen molar-refractivity contribution >= 4 is 5.91 Å². The minimum absolute atomic E-state index is 0.0131. The SMILES string of the molecule is C/C=C/C(=O)NCCCCCNCC. The summed E-state index contributed by atoms with van der Waals surface area (Å²) in [5.74, 6) is 0.0131. The van der Waals surface area contributed by atoms with Gasteiger partial charge in [-0.15, -0.1) is 0 Å². The second kappa shape index (κ2) is 10.3. The normalized spacial score (nSPS) is 10.7. The van der Waals surface area contributed by atoms with Gasteiger partial charge in [-0.3, -0.25) is 4.79 Å². The number of carbonyl (C=O) groups excluding carboxylic acids is 1. The van der Waals surface area contributed by atoms with E-state index in [2.05, 4.69) is 17.6 Å². The van der Waals surface area contributed by atoms with E-state index in [4.69, 9.17) is 0 Å². The molecule has 14 heavy (non-hydrogen) atoms. The first-order chi connectivity index (χ1) is 6.81. The molecule has 82 valence electrons. The molecule has 0 aromatic heterocycles. The summed E-state index contributed by atoms with van der Waals surface area (Å²) in [7, 11) is 0. The maximum absolute atomic E-state index is 11.0. The lowest BCUT2D eigenvalue weighted by atomic mass is 10.2. The third-order valence-corrected chi connectivity index (χ3v) is 1.90. The summed E-state index contributed by atoms with van der Waals surface area (Å²) >= 11 is 0. The first-order valence-corrected chi connectivity index (χ1v) is 5.42. The quantitative estimate of drug-likeness (QED) is 0.458. The summed E-state index contributed by atoms with van der Waals surface area (Å²) in [6.07, 6.45) is 6.73. The minimum Gasteiger partial charge on any atom is -0.353 e. The van der Waals surface area contributed by atoms with Crippen LogP contribution in [0.3, 0.4) is 0 Å². The number of allylic oxidation sites excluding steroid dienone is 1. The average molecular weight is 198 g/mol. The molecule has 0 fully saturated rings. The van der Waals surface area contributed by atoms with Crippen LogP contribution in [0.2, 0.25) is 0 Å². The summed E-state index contributed by atoms with van der Waals surface area (Å²) in [6, 6.07) is 0. The standard InChI is InChI=1S/C11H22N2O/c1-3-8-11(14)13-10-7-5-6-9-12-4-2/h3,8,12H,4-7,9-10H2,1-2H3,(H,13,14)/b8-3+. The van der Waals surface area contributed by atoms with Gasteiger partial charge in [-0.25, -0.2) is 0 Å². The molecule has 0 bridgehead atoms. The fourth-order valence-corrected chi connectivity index (χ4v) is 1.15. The van der Waals surface area contributed by atoms with E-state index in [1.807, 2.05) is 6.92 Å². The Kier molecular flexibility index (Phi) is 9.64. The first-order valence-electron chi connectivity index (χ1n) is 5.42. The molecule has 0 heterocycles. The zero-order valence-corrected chi connectivity index (χ0v) is 9.31. The van der Waals surface area contributed by atoms with Gasteiger partial charge in [0.25, 0.3) is 0 Å². The second-order valence-corrected chi connectivity index (χ2v) is 3.21. The van der Waals surface area contributed by atoms with E-state index in [-0.39, 0.29) is 5.91 Å². The van der Waals surface area contributed by atoms with Crippen molar-refractivity contribution in [1.29, 1.82) is 0 Å². The molecule has 0 aliphatic carbocycles. The Balaban J connectivity index is 3.09. The van der Waals surface area contributed by atoms with Crippen LogP contribution in [0, 0.1) is 0 Å². The van der Waals surface area contributed by atoms with Crippen molar-refractivity contribution in [3.8, 4) is 0 Å². The van der Waals surface area contributed by atoms with Crippen LogP contribution in [0.15, 0.2) is 12.2 Å². The molecule has 3 nitrogen and oxygen atoms in total. The molecular formula is C11H22N2O. The van der Waals surface area contributed by atoms with Gasteiger partial charge in [0.2, 0.25) is 5.91 Å². The van der Waals surface area contributed by atoms with Gasteiger partial charge >= 0.3 is 0 Å². The van der Waals surface area contributed by atoms with Crippen molar-refractivity contribution in [2.24, 2.45) is 0 Å². The molecule has 1 amide bonds. The average Bonchev–Trinajstić information content (AvgIpc) is 2.17. The van der Waals surface area contributed by atoms with Crippen LogP contribution in [0.5, 0.6) is 0 Å². The minimum atomic E-state index is 0.0131. The fraction of sp³-hybridized carbons (Fsp3) is 0.727. The Morgan fingerprint density at radius 1 is 1.21 bits per heavy atom. The number of hydrogen-bond acceptors (Lipinski definition) is 2. The van der Waals surface area contributed by atoms with Crippen LogP contribution >= 0.6 is 0 Å². The van der Waals surface area contributed by atoms with E-state index in [9.17, 15) is 4.79 Å². The summed E-state index contributed by atoms with van der Waals surface area (Å²) in [5, 5.41) is 6.10. The lowest BCUT2D eigenvalue weighted by Crippen LogP contribution is -2.22. The topological polar surface area (TPSA) is 41.1 Å². The van der Waals surface area contributed by atoms with Crippen molar-refractivity contribution in [2.75, 3.05) is 19.6 Å². The summed E-state index contributed by atoms with van der Waals surface area (Å²) in [5.41, 5.74) is 0. The highest BCUT2D eigenvalue weighted by Crippen LogP contribution is 1.92. The monoisotopic (exact) mass is 198 g/mol. The number of hydrogen-bond donors (Lipinski definition) is 2. The van der Waals surface area contributed by atoms with Crippen molar-refractivity contribution < 1.29 is 4.79 Å². The molecule has 0 aromatic rings. The smallest absolute Gasteiger partial charge is 0.243 e. The molecule has 0 atom stereocenters. The Hall–Kier alpha value is -0.830. The molecule has 0 spiro atoms. The maximum Gasteiger partial charge on any atom is 0.243 e. The van der Waals surface area contributed by atoms with Crippen LogP contribution in [-0.2, 0) is 4.79 Å². The van der Waals surface area contributed by atoms with Gasteiger partial charge in [0, 0.05) is 6.54 Å². The second-order valence-electron chi connectivity index (χ2n) is 3.21. The predicted molar refractivity (Wildman–Crippen MR) is 60.2 cm³/mol. The van der Waals surface area contributed by atoms with E-state index < -0.39 is 0 Å².